The standard InChI is InChI=1S/C47H58O2/c1-7-11-13-35(9-3)33-47(34-36(10-4)14-12-8-2)45-31-39(17-15-37-19-25-41(48-5)26-20-37)23-29-43(45)44-30-24-40(32-46(44)47)18-16-38-21-27-42(49-6)28-22-38/h15-32,35-36H,7-14,33-34H2,1-6H3/b17-15+,18-16+. The smallest absolute Gasteiger partial charge is 0.118 e. The molecule has 4 aromatic rings. The Labute approximate surface area is 297 Å². The summed E-state index contributed by atoms with van der Waals surface area (Å²) < 4.78 is 10.8. The summed E-state index contributed by atoms with van der Waals surface area (Å²) in [4.78, 5) is 0. The largest absolute Gasteiger partial charge is 0.497 e. The van der Waals surface area contributed by atoms with Gasteiger partial charge in [0.1, 0.15) is 11.5 Å². The highest BCUT2D eigenvalue weighted by molar-refractivity contribution is 5.85. The third-order valence-electron chi connectivity index (χ3n) is 10.9. The van der Waals surface area contributed by atoms with E-state index >= 15 is 0 Å². The molecule has 0 saturated carbocycles. The van der Waals surface area contributed by atoms with Crippen molar-refractivity contribution < 1.29 is 9.47 Å². The lowest BCUT2D eigenvalue weighted by Crippen LogP contribution is -2.31. The number of hydrogen-bond donors (Lipinski definition) is 0. The van der Waals surface area contributed by atoms with E-state index in [9.17, 15) is 0 Å². The molecule has 2 heteroatoms. The van der Waals surface area contributed by atoms with E-state index < -0.39 is 0 Å². The summed E-state index contributed by atoms with van der Waals surface area (Å²) in [5.41, 5.74) is 10.8. The lowest BCUT2D eigenvalue weighted by molar-refractivity contribution is 0.266. The molecule has 0 fully saturated rings. The van der Waals surface area contributed by atoms with Gasteiger partial charge in [0.05, 0.1) is 14.2 Å². The van der Waals surface area contributed by atoms with Gasteiger partial charge in [-0.05, 0) is 93.5 Å². The van der Waals surface area contributed by atoms with Crippen molar-refractivity contribution in [2.45, 2.75) is 97.3 Å². The minimum atomic E-state index is -0.0125. The second-order valence-electron chi connectivity index (χ2n) is 14.1. The van der Waals surface area contributed by atoms with Gasteiger partial charge in [0.2, 0.25) is 0 Å². The maximum absolute atomic E-state index is 5.39. The van der Waals surface area contributed by atoms with Crippen LogP contribution in [-0.2, 0) is 5.41 Å². The first kappa shape index (κ1) is 36.2. The van der Waals surface area contributed by atoms with Crippen LogP contribution in [0.1, 0.15) is 125 Å². The fourth-order valence-electron chi connectivity index (χ4n) is 7.95. The highest BCUT2D eigenvalue weighted by Crippen LogP contribution is 2.57. The number of fused-ring (bicyclic) bond motifs is 3. The third kappa shape index (κ3) is 8.77. The first-order valence-corrected chi connectivity index (χ1v) is 18.9. The van der Waals surface area contributed by atoms with Gasteiger partial charge >= 0.3 is 0 Å². The second kappa shape index (κ2) is 17.6. The van der Waals surface area contributed by atoms with Crippen molar-refractivity contribution in [3.63, 3.8) is 0 Å². The molecule has 1 aliphatic rings. The summed E-state index contributed by atoms with van der Waals surface area (Å²) in [6, 6.07) is 31.2. The van der Waals surface area contributed by atoms with E-state index in [4.69, 9.17) is 9.47 Å². The van der Waals surface area contributed by atoms with Crippen molar-refractivity contribution in [1.29, 1.82) is 0 Å². The van der Waals surface area contributed by atoms with Gasteiger partial charge in [0.25, 0.3) is 0 Å². The van der Waals surface area contributed by atoms with Crippen molar-refractivity contribution in [3.05, 3.63) is 118 Å². The summed E-state index contributed by atoms with van der Waals surface area (Å²) in [6.07, 6.45) is 21.7. The lowest BCUT2D eigenvalue weighted by Gasteiger charge is -2.39. The highest BCUT2D eigenvalue weighted by Gasteiger charge is 2.45. The van der Waals surface area contributed by atoms with Gasteiger partial charge in [-0.15, -0.1) is 0 Å². The Morgan fingerprint density at radius 2 is 0.878 bits per heavy atom. The fourth-order valence-corrected chi connectivity index (χ4v) is 7.95. The molecule has 2 atom stereocenters. The molecule has 258 valence electrons. The SMILES string of the molecule is CCCCC(CC)CC1(CC(CC)CCCC)c2cc(/C=C/c3ccc(OC)cc3)ccc2-c2ccc(/C=C/c3ccc(OC)cc3)cc21. The maximum atomic E-state index is 5.39. The minimum absolute atomic E-state index is 0.0125. The molecule has 4 aromatic carbocycles. The van der Waals surface area contributed by atoms with Gasteiger partial charge < -0.3 is 9.47 Å². The molecule has 0 bridgehead atoms. The van der Waals surface area contributed by atoms with Crippen LogP contribution in [0.5, 0.6) is 11.5 Å². The van der Waals surface area contributed by atoms with Gasteiger partial charge in [0, 0.05) is 5.41 Å². The zero-order chi connectivity index (χ0) is 34.6. The van der Waals surface area contributed by atoms with E-state index in [0.29, 0.717) is 11.8 Å². The van der Waals surface area contributed by atoms with Crippen molar-refractivity contribution >= 4 is 24.3 Å². The molecule has 0 saturated heterocycles. The predicted octanol–water partition coefficient (Wildman–Crippen LogP) is 13.5. The number of methoxy groups -OCH3 is 2. The number of rotatable bonds is 18. The Kier molecular flexibility index (Phi) is 13.0. The van der Waals surface area contributed by atoms with Crippen LogP contribution in [0.15, 0.2) is 84.9 Å². The number of unbranched alkanes of at least 4 members (excludes halogenated alkanes) is 2. The van der Waals surface area contributed by atoms with E-state index in [1.54, 1.807) is 25.3 Å². The van der Waals surface area contributed by atoms with E-state index in [1.165, 1.54) is 97.6 Å². The average Bonchev–Trinajstić information content (AvgIpc) is 3.41. The zero-order valence-electron chi connectivity index (χ0n) is 30.9. The molecule has 0 N–H and O–H groups in total. The van der Waals surface area contributed by atoms with Crippen LogP contribution in [0.2, 0.25) is 0 Å². The zero-order valence-corrected chi connectivity index (χ0v) is 30.9. The molecule has 5 rings (SSSR count). The lowest BCUT2D eigenvalue weighted by atomic mass is 9.65. The third-order valence-corrected chi connectivity index (χ3v) is 10.9. The van der Waals surface area contributed by atoms with Gasteiger partial charge in [-0.1, -0.05) is 164 Å². The quantitative estimate of drug-likeness (QED) is 0.0994. The molecule has 1 aliphatic carbocycles. The Morgan fingerprint density at radius 1 is 0.510 bits per heavy atom. The Morgan fingerprint density at radius 3 is 1.22 bits per heavy atom. The van der Waals surface area contributed by atoms with E-state index in [1.807, 2.05) is 24.3 Å². The monoisotopic (exact) mass is 654 g/mol. The molecular weight excluding hydrogens is 597 g/mol. The first-order chi connectivity index (χ1) is 24.0. The number of benzene rings is 4. The van der Waals surface area contributed by atoms with Crippen LogP contribution in [0, 0.1) is 11.8 Å². The van der Waals surface area contributed by atoms with Crippen molar-refractivity contribution in [2.75, 3.05) is 14.2 Å². The molecule has 0 aromatic heterocycles. The highest BCUT2D eigenvalue weighted by atomic mass is 16.5. The van der Waals surface area contributed by atoms with Crippen LogP contribution < -0.4 is 9.47 Å². The summed E-state index contributed by atoms with van der Waals surface area (Å²) in [7, 11) is 3.44. The molecule has 0 aliphatic heterocycles. The fraction of sp³-hybridized carbons (Fsp3) is 0.404. The van der Waals surface area contributed by atoms with Gasteiger partial charge in [-0.3, -0.25) is 0 Å². The van der Waals surface area contributed by atoms with Crippen LogP contribution in [-0.4, -0.2) is 14.2 Å². The Bertz CT molecular complexity index is 1550. The van der Waals surface area contributed by atoms with Crippen LogP contribution in [0.4, 0.5) is 0 Å². The summed E-state index contributed by atoms with van der Waals surface area (Å²) >= 11 is 0. The summed E-state index contributed by atoms with van der Waals surface area (Å²) in [5, 5.41) is 0. The minimum Gasteiger partial charge on any atom is -0.497 e. The Hall–Kier alpha value is -4.04. The molecule has 49 heavy (non-hydrogen) atoms. The van der Waals surface area contributed by atoms with Crippen LogP contribution >= 0.6 is 0 Å². The topological polar surface area (TPSA) is 18.5 Å². The normalized spacial score (nSPS) is 14.6. The van der Waals surface area contributed by atoms with Crippen LogP contribution in [0.3, 0.4) is 0 Å². The van der Waals surface area contributed by atoms with Crippen molar-refractivity contribution in [1.82, 2.24) is 0 Å². The molecular formula is C47H58O2. The average molecular weight is 655 g/mol. The second-order valence-corrected chi connectivity index (χ2v) is 14.1. The molecule has 0 heterocycles. The van der Waals surface area contributed by atoms with E-state index in [0.717, 1.165) is 11.5 Å². The number of ether oxygens (including phenoxy) is 2. The predicted molar refractivity (Wildman–Crippen MR) is 212 cm³/mol. The Balaban J connectivity index is 1.62. The van der Waals surface area contributed by atoms with Gasteiger partial charge in [0.15, 0.2) is 0 Å². The maximum Gasteiger partial charge on any atom is 0.118 e. The van der Waals surface area contributed by atoms with Gasteiger partial charge in [-0.2, -0.15) is 0 Å². The van der Waals surface area contributed by atoms with Crippen molar-refractivity contribution in [3.8, 4) is 22.6 Å². The molecule has 2 nitrogen and oxygen atoms in total. The first-order valence-electron chi connectivity index (χ1n) is 18.9. The van der Waals surface area contributed by atoms with Crippen molar-refractivity contribution in [2.24, 2.45) is 11.8 Å². The molecule has 0 radical (unpaired) electrons. The molecule has 2 unspecified atom stereocenters. The number of hydrogen-bond acceptors (Lipinski definition) is 2. The van der Waals surface area contributed by atoms with E-state index in [-0.39, 0.29) is 5.41 Å². The molecule has 0 amide bonds. The van der Waals surface area contributed by atoms with Crippen LogP contribution in [0.25, 0.3) is 35.4 Å². The summed E-state index contributed by atoms with van der Waals surface area (Å²) in [5.74, 6) is 3.16. The molecule has 0 spiro atoms. The van der Waals surface area contributed by atoms with E-state index in [2.05, 4.69) is 113 Å². The van der Waals surface area contributed by atoms with Gasteiger partial charge in [-0.25, -0.2) is 0 Å². The summed E-state index contributed by atoms with van der Waals surface area (Å²) in [6.45, 7) is 9.51.